The van der Waals surface area contributed by atoms with Gasteiger partial charge in [-0.15, -0.1) is 0 Å². The molecule has 7 heteroatoms. The normalized spacial score (nSPS) is 21.4. The first kappa shape index (κ1) is 16.1. The highest BCUT2D eigenvalue weighted by Gasteiger charge is 2.36. The zero-order chi connectivity index (χ0) is 15.6. The van der Waals surface area contributed by atoms with E-state index in [1.54, 1.807) is 18.2 Å². The number of carbonyl (C=O) groups is 2. The van der Waals surface area contributed by atoms with Gasteiger partial charge in [0.25, 0.3) is 5.91 Å². The van der Waals surface area contributed by atoms with E-state index in [-0.39, 0.29) is 25.0 Å². The van der Waals surface area contributed by atoms with E-state index >= 15 is 0 Å². The fraction of sp³-hybridized carbons (Fsp3) is 0.429. The average molecular weight is 377 g/mol. The van der Waals surface area contributed by atoms with E-state index in [1.165, 1.54) is 4.90 Å². The largest absolute Gasteiger partial charge is 0.483 e. The van der Waals surface area contributed by atoms with Crippen molar-refractivity contribution < 1.29 is 19.4 Å². The van der Waals surface area contributed by atoms with Crippen molar-refractivity contribution >= 4 is 39.4 Å². The van der Waals surface area contributed by atoms with Crippen molar-refractivity contribution in [2.45, 2.75) is 6.92 Å². The lowest BCUT2D eigenvalue weighted by molar-refractivity contribution is -0.142. The summed E-state index contributed by atoms with van der Waals surface area (Å²) >= 11 is 9.14. The Morgan fingerprint density at radius 2 is 2.19 bits per heavy atom. The van der Waals surface area contributed by atoms with Crippen LogP contribution in [0.4, 0.5) is 0 Å². The molecular weight excluding hydrogens is 362 g/mol. The van der Waals surface area contributed by atoms with Crippen molar-refractivity contribution in [3.63, 3.8) is 0 Å². The third-order valence-electron chi connectivity index (χ3n) is 3.53. The molecule has 1 aliphatic rings. The fourth-order valence-electron chi connectivity index (χ4n) is 2.31. The van der Waals surface area contributed by atoms with Gasteiger partial charge in [0.15, 0.2) is 6.61 Å². The number of carboxylic acid groups (broad SMARTS) is 1. The highest BCUT2D eigenvalue weighted by molar-refractivity contribution is 9.10. The summed E-state index contributed by atoms with van der Waals surface area (Å²) < 4.78 is 6.12. The monoisotopic (exact) mass is 375 g/mol. The summed E-state index contributed by atoms with van der Waals surface area (Å²) in [6.45, 7) is 2.39. The van der Waals surface area contributed by atoms with Crippen LogP contribution in [0.15, 0.2) is 22.7 Å². The molecule has 2 atom stereocenters. The van der Waals surface area contributed by atoms with E-state index in [4.69, 9.17) is 21.4 Å². The minimum atomic E-state index is -0.862. The molecule has 1 fully saturated rings. The summed E-state index contributed by atoms with van der Waals surface area (Å²) in [5.74, 6) is -1.11. The maximum absolute atomic E-state index is 12.1. The minimum Gasteiger partial charge on any atom is -0.483 e. The van der Waals surface area contributed by atoms with Gasteiger partial charge in [-0.05, 0) is 40.0 Å². The van der Waals surface area contributed by atoms with Gasteiger partial charge in [0, 0.05) is 18.1 Å². The van der Waals surface area contributed by atoms with Crippen LogP contribution in [-0.2, 0) is 9.59 Å². The SMILES string of the molecule is CC1CN(C(=O)COc2ccc(Cl)cc2Br)CC1C(=O)O. The van der Waals surface area contributed by atoms with Crippen molar-refractivity contribution in [2.24, 2.45) is 11.8 Å². The quantitative estimate of drug-likeness (QED) is 0.877. The molecule has 1 N–H and O–H groups in total. The Labute approximate surface area is 136 Å². The second kappa shape index (κ2) is 6.66. The summed E-state index contributed by atoms with van der Waals surface area (Å²) in [6, 6.07) is 5.02. The Kier molecular flexibility index (Phi) is 5.11. The number of rotatable bonds is 4. The van der Waals surface area contributed by atoms with Gasteiger partial charge in [-0.2, -0.15) is 0 Å². The van der Waals surface area contributed by atoms with Crippen LogP contribution in [-0.4, -0.2) is 41.6 Å². The number of hydrogen-bond donors (Lipinski definition) is 1. The number of amides is 1. The molecule has 0 bridgehead atoms. The molecule has 0 spiro atoms. The van der Waals surface area contributed by atoms with Gasteiger partial charge in [0.05, 0.1) is 10.4 Å². The highest BCUT2D eigenvalue weighted by Crippen LogP contribution is 2.28. The van der Waals surface area contributed by atoms with Gasteiger partial charge >= 0.3 is 5.97 Å². The van der Waals surface area contributed by atoms with Gasteiger partial charge in [-0.1, -0.05) is 18.5 Å². The topological polar surface area (TPSA) is 66.8 Å². The summed E-state index contributed by atoms with van der Waals surface area (Å²) in [5, 5.41) is 9.63. The fourth-order valence-corrected chi connectivity index (χ4v) is 3.11. The summed E-state index contributed by atoms with van der Waals surface area (Å²) in [5.41, 5.74) is 0. The van der Waals surface area contributed by atoms with Crippen LogP contribution in [0.2, 0.25) is 5.02 Å². The molecule has 21 heavy (non-hydrogen) atoms. The molecule has 1 saturated heterocycles. The lowest BCUT2D eigenvalue weighted by atomic mass is 9.99. The van der Waals surface area contributed by atoms with Crippen LogP contribution in [0, 0.1) is 11.8 Å². The molecule has 2 unspecified atom stereocenters. The summed E-state index contributed by atoms with van der Waals surface area (Å²) in [6.07, 6.45) is 0. The maximum atomic E-state index is 12.1. The number of nitrogens with zero attached hydrogens (tertiary/aromatic N) is 1. The van der Waals surface area contributed by atoms with Gasteiger partial charge < -0.3 is 14.7 Å². The molecule has 1 amide bonds. The van der Waals surface area contributed by atoms with E-state index in [0.29, 0.717) is 21.8 Å². The predicted octanol–water partition coefficient (Wildman–Crippen LogP) is 2.66. The molecular formula is C14H15BrClNO4. The zero-order valence-corrected chi connectivity index (χ0v) is 13.7. The Bertz CT molecular complexity index is 566. The molecule has 0 radical (unpaired) electrons. The maximum Gasteiger partial charge on any atom is 0.308 e. The summed E-state index contributed by atoms with van der Waals surface area (Å²) in [4.78, 5) is 24.7. The van der Waals surface area contributed by atoms with Crippen LogP contribution >= 0.6 is 27.5 Å². The standard InChI is InChI=1S/C14H15BrClNO4/c1-8-5-17(6-10(8)14(19)20)13(18)7-21-12-3-2-9(16)4-11(12)15/h2-4,8,10H,5-7H2,1H3,(H,19,20). The Morgan fingerprint density at radius 1 is 1.48 bits per heavy atom. The molecule has 0 aliphatic carbocycles. The van der Waals surface area contributed by atoms with Crippen LogP contribution in [0.1, 0.15) is 6.92 Å². The first-order chi connectivity index (χ1) is 9.88. The van der Waals surface area contributed by atoms with Crippen LogP contribution < -0.4 is 4.74 Å². The highest BCUT2D eigenvalue weighted by atomic mass is 79.9. The molecule has 1 aliphatic heterocycles. The van der Waals surface area contributed by atoms with Gasteiger partial charge in [-0.25, -0.2) is 0 Å². The Morgan fingerprint density at radius 3 is 2.76 bits per heavy atom. The molecule has 0 saturated carbocycles. The van der Waals surface area contributed by atoms with Crippen molar-refractivity contribution in [3.05, 3.63) is 27.7 Å². The number of carboxylic acids is 1. The third-order valence-corrected chi connectivity index (χ3v) is 4.38. The molecule has 1 aromatic carbocycles. The number of halogens is 2. The van der Waals surface area contributed by atoms with E-state index < -0.39 is 11.9 Å². The lowest BCUT2D eigenvalue weighted by Crippen LogP contribution is -2.33. The Balaban J connectivity index is 1.92. The molecule has 5 nitrogen and oxygen atoms in total. The van der Waals surface area contributed by atoms with Crippen LogP contribution in [0.3, 0.4) is 0 Å². The second-order valence-corrected chi connectivity index (χ2v) is 6.37. The molecule has 1 heterocycles. The smallest absolute Gasteiger partial charge is 0.308 e. The summed E-state index contributed by atoms with van der Waals surface area (Å²) in [7, 11) is 0. The predicted molar refractivity (Wildman–Crippen MR) is 81.5 cm³/mol. The molecule has 1 aromatic rings. The van der Waals surface area contributed by atoms with Crippen molar-refractivity contribution in [1.82, 2.24) is 4.90 Å². The number of hydrogen-bond acceptors (Lipinski definition) is 3. The second-order valence-electron chi connectivity index (χ2n) is 5.08. The van der Waals surface area contributed by atoms with Crippen molar-refractivity contribution in [2.75, 3.05) is 19.7 Å². The molecule has 114 valence electrons. The number of carbonyl (C=O) groups excluding carboxylic acids is 1. The lowest BCUT2D eigenvalue weighted by Gasteiger charge is -2.16. The number of ether oxygens (including phenoxy) is 1. The first-order valence-electron chi connectivity index (χ1n) is 6.47. The van der Waals surface area contributed by atoms with Crippen molar-refractivity contribution in [3.8, 4) is 5.75 Å². The average Bonchev–Trinajstić information content (AvgIpc) is 2.80. The molecule has 2 rings (SSSR count). The number of benzene rings is 1. The van der Waals surface area contributed by atoms with E-state index in [1.807, 2.05) is 6.92 Å². The van der Waals surface area contributed by atoms with Gasteiger partial charge in [0.2, 0.25) is 0 Å². The van der Waals surface area contributed by atoms with Gasteiger partial charge in [0.1, 0.15) is 5.75 Å². The van der Waals surface area contributed by atoms with E-state index in [2.05, 4.69) is 15.9 Å². The van der Waals surface area contributed by atoms with Crippen molar-refractivity contribution in [1.29, 1.82) is 0 Å². The first-order valence-corrected chi connectivity index (χ1v) is 7.64. The van der Waals surface area contributed by atoms with E-state index in [9.17, 15) is 9.59 Å². The third kappa shape index (κ3) is 3.89. The van der Waals surface area contributed by atoms with Crippen LogP contribution in [0.5, 0.6) is 5.75 Å². The zero-order valence-electron chi connectivity index (χ0n) is 11.4. The van der Waals surface area contributed by atoms with Crippen LogP contribution in [0.25, 0.3) is 0 Å². The number of likely N-dealkylation sites (tertiary alicyclic amines) is 1. The minimum absolute atomic E-state index is 0.0475. The Hall–Kier alpha value is -1.27. The number of aliphatic carboxylic acids is 1. The molecule has 0 aromatic heterocycles. The van der Waals surface area contributed by atoms with Gasteiger partial charge in [-0.3, -0.25) is 9.59 Å². The van der Waals surface area contributed by atoms with E-state index in [0.717, 1.165) is 0 Å².